The summed E-state index contributed by atoms with van der Waals surface area (Å²) in [5, 5.41) is 14.6. The van der Waals surface area contributed by atoms with Crippen LogP contribution in [0.5, 0.6) is 0 Å². The van der Waals surface area contributed by atoms with E-state index in [1.54, 1.807) is 13.8 Å². The van der Waals surface area contributed by atoms with Crippen LogP contribution in [-0.2, 0) is 4.79 Å². The molecule has 1 aliphatic rings. The fourth-order valence-corrected chi connectivity index (χ4v) is 2.17. The lowest BCUT2D eigenvalue weighted by atomic mass is 9.85. The van der Waals surface area contributed by atoms with Gasteiger partial charge in [-0.2, -0.15) is 0 Å². The van der Waals surface area contributed by atoms with Gasteiger partial charge >= 0.3 is 0 Å². The molecule has 1 amide bonds. The van der Waals surface area contributed by atoms with Crippen molar-refractivity contribution < 1.29 is 10.0 Å². The third-order valence-electron chi connectivity index (χ3n) is 3.88. The number of nitrogens with one attached hydrogen (secondary N) is 1. The fourth-order valence-electron chi connectivity index (χ4n) is 2.17. The van der Waals surface area contributed by atoms with E-state index in [1.807, 2.05) is 0 Å². The average molecular weight is 241 g/mol. The minimum atomic E-state index is -0.979. The topological polar surface area (TPSA) is 87.7 Å². The van der Waals surface area contributed by atoms with Crippen molar-refractivity contribution in [3.05, 3.63) is 0 Å². The Morgan fingerprint density at radius 1 is 1.53 bits per heavy atom. The van der Waals surface area contributed by atoms with Crippen molar-refractivity contribution in [2.45, 2.75) is 53.0 Å². The first-order chi connectivity index (χ1) is 7.71. The van der Waals surface area contributed by atoms with E-state index in [1.165, 1.54) is 0 Å². The Hall–Kier alpha value is -1.26. The van der Waals surface area contributed by atoms with Crippen LogP contribution in [0.1, 0.15) is 47.0 Å². The van der Waals surface area contributed by atoms with E-state index in [4.69, 9.17) is 10.9 Å². The molecule has 0 radical (unpaired) electrons. The Morgan fingerprint density at radius 2 is 2.12 bits per heavy atom. The SMILES string of the molecule is CC(C)(C(=O)NC1CCCC1(C)C)C(N)=NO. The monoisotopic (exact) mass is 241 g/mol. The smallest absolute Gasteiger partial charge is 0.233 e. The van der Waals surface area contributed by atoms with Gasteiger partial charge < -0.3 is 16.3 Å². The molecule has 1 atom stereocenters. The number of rotatable bonds is 3. The third kappa shape index (κ3) is 2.70. The molecule has 1 aliphatic carbocycles. The summed E-state index contributed by atoms with van der Waals surface area (Å²) in [6.07, 6.45) is 3.23. The lowest BCUT2D eigenvalue weighted by Crippen LogP contribution is -2.51. The van der Waals surface area contributed by atoms with E-state index >= 15 is 0 Å². The summed E-state index contributed by atoms with van der Waals surface area (Å²) in [5.41, 5.74) is 4.68. The first kappa shape index (κ1) is 13.8. The first-order valence-corrected chi connectivity index (χ1v) is 6.01. The van der Waals surface area contributed by atoms with Gasteiger partial charge in [0.05, 0.1) is 0 Å². The highest BCUT2D eigenvalue weighted by molar-refractivity contribution is 6.05. The summed E-state index contributed by atoms with van der Waals surface area (Å²) in [5.74, 6) is -0.251. The van der Waals surface area contributed by atoms with Crippen molar-refractivity contribution in [2.75, 3.05) is 0 Å². The molecular weight excluding hydrogens is 218 g/mol. The molecule has 0 aromatic carbocycles. The molecule has 17 heavy (non-hydrogen) atoms. The van der Waals surface area contributed by atoms with Crippen LogP contribution in [0.25, 0.3) is 0 Å². The van der Waals surface area contributed by atoms with Crippen LogP contribution in [0.15, 0.2) is 5.16 Å². The van der Waals surface area contributed by atoms with Gasteiger partial charge in [-0.05, 0) is 32.1 Å². The summed E-state index contributed by atoms with van der Waals surface area (Å²) in [6.45, 7) is 7.61. The number of hydrogen-bond donors (Lipinski definition) is 3. The Bertz CT molecular complexity index is 335. The van der Waals surface area contributed by atoms with E-state index < -0.39 is 5.41 Å². The maximum Gasteiger partial charge on any atom is 0.233 e. The molecule has 0 aromatic heterocycles. The van der Waals surface area contributed by atoms with Gasteiger partial charge in [0.1, 0.15) is 5.41 Å². The van der Waals surface area contributed by atoms with Gasteiger partial charge in [0, 0.05) is 6.04 Å². The molecule has 1 saturated carbocycles. The molecular formula is C12H23N3O2. The van der Waals surface area contributed by atoms with Crippen LogP contribution >= 0.6 is 0 Å². The van der Waals surface area contributed by atoms with E-state index in [-0.39, 0.29) is 23.2 Å². The fraction of sp³-hybridized carbons (Fsp3) is 0.833. The number of carbonyl (C=O) groups excluding carboxylic acids is 1. The Kier molecular flexibility index (Phi) is 3.69. The van der Waals surface area contributed by atoms with Crippen LogP contribution < -0.4 is 11.1 Å². The zero-order chi connectivity index (χ0) is 13.3. The van der Waals surface area contributed by atoms with Gasteiger partial charge in [-0.15, -0.1) is 0 Å². The van der Waals surface area contributed by atoms with Gasteiger partial charge in [-0.25, -0.2) is 0 Å². The Morgan fingerprint density at radius 3 is 2.53 bits per heavy atom. The van der Waals surface area contributed by atoms with E-state index in [0.29, 0.717) is 0 Å². The number of amidine groups is 1. The zero-order valence-electron chi connectivity index (χ0n) is 11.1. The molecule has 0 aromatic rings. The Labute approximate surface area is 102 Å². The van der Waals surface area contributed by atoms with Crippen LogP contribution in [0.3, 0.4) is 0 Å². The molecule has 0 spiro atoms. The second kappa shape index (κ2) is 4.55. The molecule has 5 nitrogen and oxygen atoms in total. The third-order valence-corrected chi connectivity index (χ3v) is 3.88. The number of hydrogen-bond acceptors (Lipinski definition) is 3. The van der Waals surface area contributed by atoms with Crippen LogP contribution in [-0.4, -0.2) is 23.0 Å². The number of nitrogens with zero attached hydrogens (tertiary/aromatic N) is 1. The first-order valence-electron chi connectivity index (χ1n) is 6.01. The highest BCUT2D eigenvalue weighted by Gasteiger charge is 2.40. The van der Waals surface area contributed by atoms with Crippen LogP contribution in [0.2, 0.25) is 0 Å². The number of nitrogens with two attached hydrogens (primary N) is 1. The molecule has 0 heterocycles. The van der Waals surface area contributed by atoms with E-state index in [2.05, 4.69) is 24.3 Å². The molecule has 0 aliphatic heterocycles. The minimum absolute atomic E-state index is 0.0641. The molecule has 1 fully saturated rings. The van der Waals surface area contributed by atoms with Gasteiger partial charge in [0.25, 0.3) is 0 Å². The van der Waals surface area contributed by atoms with Crippen molar-refractivity contribution in [1.29, 1.82) is 0 Å². The average Bonchev–Trinajstić information content (AvgIpc) is 2.56. The summed E-state index contributed by atoms with van der Waals surface area (Å²) in [7, 11) is 0. The summed E-state index contributed by atoms with van der Waals surface area (Å²) in [6, 6.07) is 0.167. The second-order valence-corrected chi connectivity index (χ2v) is 6.02. The summed E-state index contributed by atoms with van der Waals surface area (Å²) >= 11 is 0. The Balaban J connectivity index is 2.73. The van der Waals surface area contributed by atoms with Crippen molar-refractivity contribution in [3.63, 3.8) is 0 Å². The molecule has 98 valence electrons. The van der Waals surface area contributed by atoms with Crippen LogP contribution in [0, 0.1) is 10.8 Å². The lowest BCUT2D eigenvalue weighted by molar-refractivity contribution is -0.127. The minimum Gasteiger partial charge on any atom is -0.409 e. The van der Waals surface area contributed by atoms with E-state index in [0.717, 1.165) is 19.3 Å². The molecule has 4 N–H and O–H groups in total. The van der Waals surface area contributed by atoms with Crippen molar-refractivity contribution in [1.82, 2.24) is 5.32 Å². The summed E-state index contributed by atoms with van der Waals surface area (Å²) in [4.78, 5) is 12.1. The maximum atomic E-state index is 12.1. The maximum absolute atomic E-state index is 12.1. The molecule has 0 saturated heterocycles. The van der Waals surface area contributed by atoms with Crippen molar-refractivity contribution >= 4 is 11.7 Å². The largest absolute Gasteiger partial charge is 0.409 e. The number of oxime groups is 1. The van der Waals surface area contributed by atoms with Crippen molar-refractivity contribution in [2.24, 2.45) is 21.7 Å². The lowest BCUT2D eigenvalue weighted by Gasteiger charge is -2.31. The standard InChI is InChI=1S/C12H23N3O2/c1-11(2)7-5-6-8(11)14-10(16)12(3,4)9(13)15-17/h8,17H,5-7H2,1-4H3,(H2,13,15)(H,14,16). The molecule has 1 rings (SSSR count). The quantitative estimate of drug-likeness (QED) is 0.302. The van der Waals surface area contributed by atoms with Gasteiger partial charge in [0.2, 0.25) is 5.91 Å². The number of amides is 1. The molecule has 0 bridgehead atoms. The number of carbonyl (C=O) groups is 1. The molecule has 1 unspecified atom stereocenters. The normalized spacial score (nSPS) is 24.7. The van der Waals surface area contributed by atoms with Gasteiger partial charge in [-0.1, -0.05) is 25.4 Å². The molecule has 5 heteroatoms. The van der Waals surface area contributed by atoms with Gasteiger partial charge in [0.15, 0.2) is 5.84 Å². The van der Waals surface area contributed by atoms with Crippen molar-refractivity contribution in [3.8, 4) is 0 Å². The predicted octanol–water partition coefficient (Wildman–Crippen LogP) is 1.45. The summed E-state index contributed by atoms with van der Waals surface area (Å²) < 4.78 is 0. The highest BCUT2D eigenvalue weighted by Crippen LogP contribution is 2.37. The second-order valence-electron chi connectivity index (χ2n) is 6.02. The van der Waals surface area contributed by atoms with E-state index in [9.17, 15) is 4.79 Å². The predicted molar refractivity (Wildman–Crippen MR) is 66.8 cm³/mol. The van der Waals surface area contributed by atoms with Gasteiger partial charge in [-0.3, -0.25) is 4.79 Å². The van der Waals surface area contributed by atoms with Crippen LogP contribution in [0.4, 0.5) is 0 Å². The zero-order valence-corrected chi connectivity index (χ0v) is 11.1. The highest BCUT2D eigenvalue weighted by atomic mass is 16.4.